The first-order chi connectivity index (χ1) is 14.2. The first-order valence-corrected chi connectivity index (χ1v) is 9.87. The van der Waals surface area contributed by atoms with Gasteiger partial charge in [-0.25, -0.2) is 4.98 Å². The van der Waals surface area contributed by atoms with Crippen molar-refractivity contribution in [2.45, 2.75) is 12.8 Å². The predicted octanol–water partition coefficient (Wildman–Crippen LogP) is 2.89. The van der Waals surface area contributed by atoms with Gasteiger partial charge < -0.3 is 19.1 Å². The molecule has 2 aromatic rings. The lowest BCUT2D eigenvalue weighted by Crippen LogP contribution is -2.46. The van der Waals surface area contributed by atoms with Crippen LogP contribution in [0.3, 0.4) is 0 Å². The van der Waals surface area contributed by atoms with Crippen LogP contribution < -0.4 is 19.1 Å². The number of rotatable bonds is 9. The molecule has 2 heterocycles. The molecule has 1 aliphatic rings. The van der Waals surface area contributed by atoms with Gasteiger partial charge in [-0.05, 0) is 37.2 Å². The SMILES string of the molecule is COc1cc(C(=O)CCCN2CCN(c3ccccn3)CC2)cc(OC)c1OC. The summed E-state index contributed by atoms with van der Waals surface area (Å²) in [6.45, 7) is 4.78. The predicted molar refractivity (Wildman–Crippen MR) is 113 cm³/mol. The van der Waals surface area contributed by atoms with E-state index in [1.54, 1.807) is 33.5 Å². The zero-order chi connectivity index (χ0) is 20.6. The molecule has 0 saturated carbocycles. The van der Waals surface area contributed by atoms with Gasteiger partial charge in [0.05, 0.1) is 21.3 Å². The van der Waals surface area contributed by atoms with Crippen LogP contribution in [0.1, 0.15) is 23.2 Å². The summed E-state index contributed by atoms with van der Waals surface area (Å²) >= 11 is 0. The van der Waals surface area contributed by atoms with Crippen molar-refractivity contribution in [2.24, 2.45) is 0 Å². The maximum Gasteiger partial charge on any atom is 0.203 e. The number of hydrogen-bond acceptors (Lipinski definition) is 7. The Kier molecular flexibility index (Phi) is 7.30. The third-order valence-corrected chi connectivity index (χ3v) is 5.21. The van der Waals surface area contributed by atoms with E-state index in [9.17, 15) is 4.79 Å². The van der Waals surface area contributed by atoms with Gasteiger partial charge in [0.15, 0.2) is 17.3 Å². The fraction of sp³-hybridized carbons (Fsp3) is 0.455. The zero-order valence-electron chi connectivity index (χ0n) is 17.4. The lowest BCUT2D eigenvalue weighted by Gasteiger charge is -2.35. The van der Waals surface area contributed by atoms with Crippen LogP contribution in [0, 0.1) is 0 Å². The molecule has 0 radical (unpaired) electrons. The van der Waals surface area contributed by atoms with Gasteiger partial charge in [0.2, 0.25) is 5.75 Å². The molecule has 156 valence electrons. The Morgan fingerprint density at radius 3 is 2.24 bits per heavy atom. The number of anilines is 1. The van der Waals surface area contributed by atoms with Gasteiger partial charge in [-0.2, -0.15) is 0 Å². The van der Waals surface area contributed by atoms with Crippen molar-refractivity contribution < 1.29 is 19.0 Å². The summed E-state index contributed by atoms with van der Waals surface area (Å²) in [6, 6.07) is 9.44. The fourth-order valence-corrected chi connectivity index (χ4v) is 3.59. The normalized spacial score (nSPS) is 14.5. The summed E-state index contributed by atoms with van der Waals surface area (Å²) in [6.07, 6.45) is 3.13. The monoisotopic (exact) mass is 399 g/mol. The van der Waals surface area contributed by atoms with Gasteiger partial charge in [0, 0.05) is 44.4 Å². The van der Waals surface area contributed by atoms with E-state index in [1.165, 1.54) is 0 Å². The lowest BCUT2D eigenvalue weighted by atomic mass is 10.0. The molecule has 7 heteroatoms. The first-order valence-electron chi connectivity index (χ1n) is 9.87. The van der Waals surface area contributed by atoms with Crippen molar-refractivity contribution in [3.63, 3.8) is 0 Å². The molecule has 1 aliphatic heterocycles. The summed E-state index contributed by atoms with van der Waals surface area (Å²) in [5, 5.41) is 0. The fourth-order valence-electron chi connectivity index (χ4n) is 3.59. The van der Waals surface area contributed by atoms with Crippen LogP contribution in [0.2, 0.25) is 0 Å². The van der Waals surface area contributed by atoms with E-state index in [4.69, 9.17) is 14.2 Å². The van der Waals surface area contributed by atoms with E-state index in [-0.39, 0.29) is 5.78 Å². The molecule has 0 N–H and O–H groups in total. The Morgan fingerprint density at radius 2 is 1.69 bits per heavy atom. The van der Waals surface area contributed by atoms with Crippen LogP contribution in [0.15, 0.2) is 36.5 Å². The minimum Gasteiger partial charge on any atom is -0.493 e. The van der Waals surface area contributed by atoms with Crippen LogP contribution in [-0.2, 0) is 0 Å². The molecule has 29 heavy (non-hydrogen) atoms. The van der Waals surface area contributed by atoms with Crippen molar-refractivity contribution in [2.75, 3.05) is 59.0 Å². The third-order valence-electron chi connectivity index (χ3n) is 5.21. The number of benzene rings is 1. The second-order valence-corrected chi connectivity index (χ2v) is 6.96. The number of carbonyl (C=O) groups excluding carboxylic acids is 1. The molecule has 0 atom stereocenters. The number of aromatic nitrogens is 1. The highest BCUT2D eigenvalue weighted by atomic mass is 16.5. The molecule has 1 aromatic carbocycles. The summed E-state index contributed by atoms with van der Waals surface area (Å²) in [5.41, 5.74) is 0.583. The number of nitrogens with zero attached hydrogens (tertiary/aromatic N) is 3. The summed E-state index contributed by atoms with van der Waals surface area (Å²) in [5.74, 6) is 2.61. The number of hydrogen-bond donors (Lipinski definition) is 0. The van der Waals surface area contributed by atoms with E-state index in [2.05, 4.69) is 14.8 Å². The molecule has 1 saturated heterocycles. The number of piperazine rings is 1. The second-order valence-electron chi connectivity index (χ2n) is 6.96. The van der Waals surface area contributed by atoms with Crippen LogP contribution in [0.25, 0.3) is 0 Å². The van der Waals surface area contributed by atoms with E-state index < -0.39 is 0 Å². The molecule has 1 aromatic heterocycles. The third kappa shape index (κ3) is 5.17. The van der Waals surface area contributed by atoms with Crippen LogP contribution in [-0.4, -0.2) is 69.7 Å². The maximum absolute atomic E-state index is 12.7. The average Bonchev–Trinajstić information content (AvgIpc) is 2.78. The minimum atomic E-state index is 0.0800. The largest absolute Gasteiger partial charge is 0.493 e. The van der Waals surface area contributed by atoms with E-state index in [0.717, 1.165) is 45.0 Å². The molecular weight excluding hydrogens is 370 g/mol. The van der Waals surface area contributed by atoms with Gasteiger partial charge in [-0.15, -0.1) is 0 Å². The zero-order valence-corrected chi connectivity index (χ0v) is 17.4. The number of pyridine rings is 1. The molecule has 3 rings (SSSR count). The molecule has 1 fully saturated rings. The molecule has 0 amide bonds. The van der Waals surface area contributed by atoms with E-state index in [0.29, 0.717) is 29.2 Å². The van der Waals surface area contributed by atoms with E-state index >= 15 is 0 Å². The molecular formula is C22H29N3O4. The molecule has 0 unspecified atom stereocenters. The van der Waals surface area contributed by atoms with Gasteiger partial charge >= 0.3 is 0 Å². The number of carbonyl (C=O) groups is 1. The van der Waals surface area contributed by atoms with Gasteiger partial charge in [0.25, 0.3) is 0 Å². The summed E-state index contributed by atoms with van der Waals surface area (Å²) in [7, 11) is 4.65. The Hall–Kier alpha value is -2.80. The highest BCUT2D eigenvalue weighted by molar-refractivity contribution is 5.97. The highest BCUT2D eigenvalue weighted by Gasteiger charge is 2.19. The van der Waals surface area contributed by atoms with Crippen molar-refractivity contribution >= 4 is 11.6 Å². The average molecular weight is 399 g/mol. The number of methoxy groups -OCH3 is 3. The minimum absolute atomic E-state index is 0.0800. The smallest absolute Gasteiger partial charge is 0.203 e. The Morgan fingerprint density at radius 1 is 1.00 bits per heavy atom. The Balaban J connectivity index is 1.49. The molecule has 0 aliphatic carbocycles. The topological polar surface area (TPSA) is 64.1 Å². The van der Waals surface area contributed by atoms with Crippen molar-refractivity contribution in [1.29, 1.82) is 0 Å². The van der Waals surface area contributed by atoms with Crippen LogP contribution in [0.5, 0.6) is 17.2 Å². The number of Topliss-reactive ketones (excluding diaryl/α,β-unsaturated/α-hetero) is 1. The first kappa shape index (κ1) is 20.9. The van der Waals surface area contributed by atoms with Gasteiger partial charge in [0.1, 0.15) is 5.82 Å². The van der Waals surface area contributed by atoms with Gasteiger partial charge in [-0.3, -0.25) is 9.69 Å². The lowest BCUT2D eigenvalue weighted by molar-refractivity contribution is 0.0973. The second kappa shape index (κ2) is 10.1. The number of ketones is 1. The summed E-state index contributed by atoms with van der Waals surface area (Å²) in [4.78, 5) is 21.8. The standard InChI is InChI=1S/C22H29N3O4/c1-27-19-15-17(16-20(28-2)22(19)29-3)18(26)7-6-10-24-11-13-25(14-12-24)21-8-4-5-9-23-21/h4-5,8-9,15-16H,6-7,10-14H2,1-3H3. The molecule has 0 bridgehead atoms. The molecule has 7 nitrogen and oxygen atoms in total. The van der Waals surface area contributed by atoms with Crippen molar-refractivity contribution in [3.8, 4) is 17.2 Å². The summed E-state index contributed by atoms with van der Waals surface area (Å²) < 4.78 is 16.0. The van der Waals surface area contributed by atoms with Crippen LogP contribution in [0.4, 0.5) is 5.82 Å². The Labute approximate surface area is 172 Å². The maximum atomic E-state index is 12.7. The van der Waals surface area contributed by atoms with Crippen molar-refractivity contribution in [3.05, 3.63) is 42.1 Å². The number of ether oxygens (including phenoxy) is 3. The van der Waals surface area contributed by atoms with Gasteiger partial charge in [-0.1, -0.05) is 6.07 Å². The Bertz CT molecular complexity index is 780. The highest BCUT2D eigenvalue weighted by Crippen LogP contribution is 2.38. The molecule has 0 spiro atoms. The van der Waals surface area contributed by atoms with Crippen molar-refractivity contribution in [1.82, 2.24) is 9.88 Å². The van der Waals surface area contributed by atoms with Crippen LogP contribution >= 0.6 is 0 Å². The quantitative estimate of drug-likeness (QED) is 0.601. The van der Waals surface area contributed by atoms with E-state index in [1.807, 2.05) is 24.4 Å².